The van der Waals surface area contributed by atoms with Crippen molar-refractivity contribution in [3.05, 3.63) is 34.4 Å². The van der Waals surface area contributed by atoms with Gasteiger partial charge in [-0.15, -0.1) is 17.5 Å². The lowest BCUT2D eigenvalue weighted by Gasteiger charge is -2.23. The molecule has 1 fully saturated rings. The topological polar surface area (TPSA) is 78.3 Å². The minimum atomic E-state index is -0.0820. The molecule has 8 heteroatoms. The van der Waals surface area contributed by atoms with Gasteiger partial charge in [0.1, 0.15) is 5.65 Å². The highest BCUT2D eigenvalue weighted by molar-refractivity contribution is 6.00. The third-order valence-corrected chi connectivity index (χ3v) is 4.56. The van der Waals surface area contributed by atoms with Gasteiger partial charge in [-0.05, 0) is 32.0 Å². The second kappa shape index (κ2) is 6.41. The molecule has 4 heterocycles. The molecule has 128 valence electrons. The van der Waals surface area contributed by atoms with E-state index in [0.717, 1.165) is 48.3 Å². The predicted octanol–water partition coefficient (Wildman–Crippen LogP) is 1.53. The van der Waals surface area contributed by atoms with Gasteiger partial charge >= 0.3 is 0 Å². The minimum Gasteiger partial charge on any atom is -0.377 e. The summed E-state index contributed by atoms with van der Waals surface area (Å²) in [6.07, 6.45) is 3.79. The minimum absolute atomic E-state index is 0. The van der Waals surface area contributed by atoms with E-state index in [2.05, 4.69) is 20.4 Å². The summed E-state index contributed by atoms with van der Waals surface area (Å²) in [7, 11) is 3.96. The van der Waals surface area contributed by atoms with E-state index in [1.54, 1.807) is 12.3 Å². The van der Waals surface area contributed by atoms with Gasteiger partial charge in [-0.1, -0.05) is 0 Å². The van der Waals surface area contributed by atoms with Crippen LogP contribution in [0.15, 0.2) is 23.1 Å². The second-order valence-electron chi connectivity index (χ2n) is 6.27. The Balaban J connectivity index is 0.00000169. The quantitative estimate of drug-likeness (QED) is 0.734. The SMILES string of the molecule is CN(C)c1ccnc2nn3c(C4CCNCC4)cc(=O)[nH]c3c12.Cl. The summed E-state index contributed by atoms with van der Waals surface area (Å²) in [5.74, 6) is 0.346. The highest BCUT2D eigenvalue weighted by Crippen LogP contribution is 2.30. The molecule has 0 atom stereocenters. The normalized spacial score (nSPS) is 15.6. The van der Waals surface area contributed by atoms with Gasteiger partial charge in [-0.2, -0.15) is 0 Å². The van der Waals surface area contributed by atoms with Crippen LogP contribution in [-0.4, -0.2) is 46.8 Å². The summed E-state index contributed by atoms with van der Waals surface area (Å²) in [6.45, 7) is 1.95. The number of fused-ring (bicyclic) bond motifs is 3. The number of anilines is 1. The number of H-pyrrole nitrogens is 1. The largest absolute Gasteiger partial charge is 0.377 e. The zero-order valence-corrected chi connectivity index (χ0v) is 14.6. The summed E-state index contributed by atoms with van der Waals surface area (Å²) < 4.78 is 1.88. The van der Waals surface area contributed by atoms with Gasteiger partial charge < -0.3 is 15.2 Å². The van der Waals surface area contributed by atoms with Crippen LogP contribution in [0.1, 0.15) is 24.5 Å². The number of nitrogens with zero attached hydrogens (tertiary/aromatic N) is 4. The first-order chi connectivity index (χ1) is 11.1. The maximum Gasteiger partial charge on any atom is 0.251 e. The van der Waals surface area contributed by atoms with Crippen LogP contribution >= 0.6 is 12.4 Å². The Hall–Kier alpha value is -2.12. The van der Waals surface area contributed by atoms with Gasteiger partial charge in [0, 0.05) is 32.3 Å². The van der Waals surface area contributed by atoms with E-state index >= 15 is 0 Å². The highest BCUT2D eigenvalue weighted by atomic mass is 35.5. The van der Waals surface area contributed by atoms with Gasteiger partial charge in [-0.25, -0.2) is 9.50 Å². The fourth-order valence-corrected chi connectivity index (χ4v) is 3.43. The summed E-state index contributed by atoms with van der Waals surface area (Å²) in [5, 5.41) is 8.92. The number of pyridine rings is 1. The average Bonchev–Trinajstić information content (AvgIpc) is 2.93. The lowest BCUT2D eigenvalue weighted by atomic mass is 9.94. The van der Waals surface area contributed by atoms with Gasteiger partial charge in [0.15, 0.2) is 5.65 Å². The standard InChI is InChI=1S/C16H20N6O.ClH/c1-21(2)11-5-8-18-15-14(11)16-19-13(23)9-12(22(16)20-15)10-3-6-17-7-4-10;/h5,8-10,17H,3-4,6-7H2,1-2H3,(H,19,23);1H. The molecule has 0 bridgehead atoms. The van der Waals surface area contributed by atoms with E-state index in [-0.39, 0.29) is 18.0 Å². The molecule has 0 unspecified atom stereocenters. The molecule has 3 aromatic heterocycles. The van der Waals surface area contributed by atoms with Crippen LogP contribution in [-0.2, 0) is 0 Å². The van der Waals surface area contributed by atoms with Crippen LogP contribution < -0.4 is 15.8 Å². The molecular formula is C16H21ClN6O. The molecule has 0 spiro atoms. The zero-order valence-electron chi connectivity index (χ0n) is 13.7. The molecular weight excluding hydrogens is 328 g/mol. The average molecular weight is 349 g/mol. The molecule has 0 amide bonds. The Morgan fingerprint density at radius 1 is 1.29 bits per heavy atom. The van der Waals surface area contributed by atoms with Crippen LogP contribution in [0.25, 0.3) is 16.7 Å². The maximum atomic E-state index is 12.2. The summed E-state index contributed by atoms with van der Waals surface area (Å²) in [4.78, 5) is 21.6. The Kier molecular flexibility index (Phi) is 4.47. The number of hydrogen-bond donors (Lipinski definition) is 2. The molecule has 3 aromatic rings. The van der Waals surface area contributed by atoms with Crippen molar-refractivity contribution in [3.8, 4) is 0 Å². The van der Waals surface area contributed by atoms with Crippen molar-refractivity contribution < 1.29 is 0 Å². The van der Waals surface area contributed by atoms with Crippen molar-refractivity contribution in [1.29, 1.82) is 0 Å². The lowest BCUT2D eigenvalue weighted by molar-refractivity contribution is 0.446. The van der Waals surface area contributed by atoms with E-state index in [1.807, 2.05) is 29.6 Å². The Morgan fingerprint density at radius 2 is 2.04 bits per heavy atom. The summed E-state index contributed by atoms with van der Waals surface area (Å²) in [6, 6.07) is 3.63. The smallest absolute Gasteiger partial charge is 0.251 e. The second-order valence-corrected chi connectivity index (χ2v) is 6.27. The lowest BCUT2D eigenvalue weighted by Crippen LogP contribution is -2.28. The first kappa shape index (κ1) is 16.7. The van der Waals surface area contributed by atoms with E-state index in [0.29, 0.717) is 11.6 Å². The fraction of sp³-hybridized carbons (Fsp3) is 0.438. The van der Waals surface area contributed by atoms with Gasteiger partial charge in [-0.3, -0.25) is 4.79 Å². The van der Waals surface area contributed by atoms with Crippen molar-refractivity contribution in [1.82, 2.24) is 24.9 Å². The Bertz CT molecular complexity index is 925. The summed E-state index contributed by atoms with van der Waals surface area (Å²) >= 11 is 0. The molecule has 1 aliphatic rings. The highest BCUT2D eigenvalue weighted by Gasteiger charge is 2.22. The van der Waals surface area contributed by atoms with Gasteiger partial charge in [0.05, 0.1) is 16.8 Å². The first-order valence-corrected chi connectivity index (χ1v) is 7.94. The fourth-order valence-electron chi connectivity index (χ4n) is 3.43. The molecule has 4 rings (SSSR count). The number of hydrogen-bond acceptors (Lipinski definition) is 5. The number of rotatable bonds is 2. The molecule has 0 saturated carbocycles. The number of aromatic nitrogens is 4. The molecule has 0 aromatic carbocycles. The first-order valence-electron chi connectivity index (χ1n) is 7.94. The molecule has 1 aliphatic heterocycles. The van der Waals surface area contributed by atoms with E-state index in [4.69, 9.17) is 0 Å². The number of piperidine rings is 1. The van der Waals surface area contributed by atoms with Gasteiger partial charge in [0.2, 0.25) is 0 Å². The van der Waals surface area contributed by atoms with Crippen LogP contribution in [0.4, 0.5) is 5.69 Å². The van der Waals surface area contributed by atoms with E-state index in [1.165, 1.54) is 0 Å². The van der Waals surface area contributed by atoms with Crippen LogP contribution in [0, 0.1) is 0 Å². The number of halogens is 1. The molecule has 1 saturated heterocycles. The van der Waals surface area contributed by atoms with E-state index < -0.39 is 0 Å². The van der Waals surface area contributed by atoms with Crippen molar-refractivity contribution in [2.24, 2.45) is 0 Å². The third kappa shape index (κ3) is 2.63. The molecule has 2 N–H and O–H groups in total. The maximum absolute atomic E-state index is 12.2. The Labute approximate surface area is 145 Å². The van der Waals surface area contributed by atoms with Crippen molar-refractivity contribution in [2.75, 3.05) is 32.1 Å². The van der Waals surface area contributed by atoms with Crippen LogP contribution in [0.2, 0.25) is 0 Å². The van der Waals surface area contributed by atoms with Crippen molar-refractivity contribution in [3.63, 3.8) is 0 Å². The summed E-state index contributed by atoms with van der Waals surface area (Å²) in [5.41, 5.74) is 3.29. The Morgan fingerprint density at radius 3 is 2.75 bits per heavy atom. The van der Waals surface area contributed by atoms with Crippen LogP contribution in [0.5, 0.6) is 0 Å². The number of aromatic amines is 1. The van der Waals surface area contributed by atoms with Gasteiger partial charge in [0.25, 0.3) is 5.56 Å². The third-order valence-electron chi connectivity index (χ3n) is 4.56. The molecule has 0 radical (unpaired) electrons. The molecule has 0 aliphatic carbocycles. The van der Waals surface area contributed by atoms with Crippen LogP contribution in [0.3, 0.4) is 0 Å². The molecule has 24 heavy (non-hydrogen) atoms. The number of nitrogens with one attached hydrogen (secondary N) is 2. The predicted molar refractivity (Wildman–Crippen MR) is 97.5 cm³/mol. The van der Waals surface area contributed by atoms with Crippen molar-refractivity contribution in [2.45, 2.75) is 18.8 Å². The zero-order chi connectivity index (χ0) is 16.0. The molecule has 7 nitrogen and oxygen atoms in total. The van der Waals surface area contributed by atoms with Crippen molar-refractivity contribution >= 4 is 34.8 Å². The van der Waals surface area contributed by atoms with E-state index in [9.17, 15) is 4.79 Å². The monoisotopic (exact) mass is 348 g/mol.